The summed E-state index contributed by atoms with van der Waals surface area (Å²) in [6, 6.07) is 2.61. The number of nitrogens with zero attached hydrogens (tertiary/aromatic N) is 1. The lowest BCUT2D eigenvalue weighted by Gasteiger charge is -2.20. The maximum Gasteiger partial charge on any atom is 0.0585 e. The van der Waals surface area contributed by atoms with E-state index in [0.29, 0.717) is 11.5 Å². The zero-order valence-electron chi connectivity index (χ0n) is 9.68. The normalized spacial score (nSPS) is 20.3. The maximum absolute atomic E-state index is 5.93. The molecular weight excluding hydrogens is 208 g/mol. The molecule has 1 aliphatic carbocycles. The van der Waals surface area contributed by atoms with Crippen LogP contribution in [0.5, 0.6) is 0 Å². The average Bonchev–Trinajstić information content (AvgIpc) is 2.83. The first-order valence-electron chi connectivity index (χ1n) is 5.55. The molecule has 1 unspecified atom stereocenters. The lowest BCUT2D eigenvalue weighted by atomic mass is 10.0. The molecule has 1 N–H and O–H groups in total. The van der Waals surface area contributed by atoms with Crippen molar-refractivity contribution in [3.63, 3.8) is 0 Å². The van der Waals surface area contributed by atoms with Crippen LogP contribution in [0.3, 0.4) is 0 Å². The summed E-state index contributed by atoms with van der Waals surface area (Å²) in [5.74, 6) is 0. The van der Waals surface area contributed by atoms with Gasteiger partial charge in [-0.15, -0.1) is 0 Å². The number of hydrogen-bond donors (Lipinski definition) is 1. The summed E-state index contributed by atoms with van der Waals surface area (Å²) < 4.78 is 2.08. The SMILES string of the molecule is CC(NCc1cc(Cl)cn1C)C1(C)CC1. The van der Waals surface area contributed by atoms with Gasteiger partial charge < -0.3 is 9.88 Å². The van der Waals surface area contributed by atoms with Gasteiger partial charge >= 0.3 is 0 Å². The zero-order chi connectivity index (χ0) is 11.1. The fourth-order valence-electron chi connectivity index (χ4n) is 1.88. The van der Waals surface area contributed by atoms with Crippen LogP contribution in [0.25, 0.3) is 0 Å². The van der Waals surface area contributed by atoms with E-state index in [2.05, 4.69) is 23.7 Å². The number of halogens is 1. The first-order valence-corrected chi connectivity index (χ1v) is 5.93. The Balaban J connectivity index is 1.90. The summed E-state index contributed by atoms with van der Waals surface area (Å²) in [5.41, 5.74) is 1.78. The van der Waals surface area contributed by atoms with E-state index in [1.165, 1.54) is 18.5 Å². The van der Waals surface area contributed by atoms with Gasteiger partial charge in [0.15, 0.2) is 0 Å². The van der Waals surface area contributed by atoms with Gasteiger partial charge in [0.05, 0.1) is 5.02 Å². The van der Waals surface area contributed by atoms with Crippen molar-refractivity contribution >= 4 is 11.6 Å². The minimum Gasteiger partial charge on any atom is -0.352 e. The lowest BCUT2D eigenvalue weighted by molar-refractivity contribution is 0.376. The Morgan fingerprint density at radius 3 is 2.73 bits per heavy atom. The van der Waals surface area contributed by atoms with E-state index in [9.17, 15) is 0 Å². The smallest absolute Gasteiger partial charge is 0.0585 e. The highest BCUT2D eigenvalue weighted by molar-refractivity contribution is 6.30. The second-order valence-corrected chi connectivity index (χ2v) is 5.45. The van der Waals surface area contributed by atoms with Crippen molar-refractivity contribution in [1.29, 1.82) is 0 Å². The van der Waals surface area contributed by atoms with Gasteiger partial charge in [0, 0.05) is 31.5 Å². The van der Waals surface area contributed by atoms with Crippen molar-refractivity contribution < 1.29 is 0 Å². The van der Waals surface area contributed by atoms with E-state index < -0.39 is 0 Å². The molecule has 0 aromatic carbocycles. The molecule has 3 heteroatoms. The molecule has 1 aromatic heterocycles. The molecule has 2 nitrogen and oxygen atoms in total. The fraction of sp³-hybridized carbons (Fsp3) is 0.667. The average molecular weight is 227 g/mol. The molecule has 15 heavy (non-hydrogen) atoms. The van der Waals surface area contributed by atoms with E-state index in [4.69, 9.17) is 11.6 Å². The first kappa shape index (κ1) is 11.0. The van der Waals surface area contributed by atoms with Crippen LogP contribution in [0.4, 0.5) is 0 Å². The molecule has 1 aromatic rings. The minimum absolute atomic E-state index is 0.537. The molecule has 0 amide bonds. The number of aryl methyl sites for hydroxylation is 1. The number of aromatic nitrogens is 1. The van der Waals surface area contributed by atoms with Gasteiger partial charge in [0.1, 0.15) is 0 Å². The van der Waals surface area contributed by atoms with Crippen LogP contribution in [-0.2, 0) is 13.6 Å². The van der Waals surface area contributed by atoms with Crippen molar-refractivity contribution in [3.05, 3.63) is 23.0 Å². The zero-order valence-corrected chi connectivity index (χ0v) is 10.4. The second-order valence-electron chi connectivity index (χ2n) is 5.02. The van der Waals surface area contributed by atoms with E-state index in [-0.39, 0.29) is 0 Å². The Morgan fingerprint density at radius 1 is 1.60 bits per heavy atom. The second kappa shape index (κ2) is 3.84. The van der Waals surface area contributed by atoms with Crippen molar-refractivity contribution in [2.75, 3.05) is 0 Å². The summed E-state index contributed by atoms with van der Waals surface area (Å²) in [7, 11) is 2.03. The van der Waals surface area contributed by atoms with Gasteiger partial charge in [-0.05, 0) is 31.2 Å². The third-order valence-electron chi connectivity index (χ3n) is 3.75. The molecule has 1 atom stereocenters. The molecule has 1 fully saturated rings. The molecule has 0 spiro atoms. The predicted octanol–water partition coefficient (Wildman–Crippen LogP) is 2.96. The van der Waals surface area contributed by atoms with Crippen LogP contribution in [0.15, 0.2) is 12.3 Å². The van der Waals surface area contributed by atoms with Crippen LogP contribution in [-0.4, -0.2) is 10.6 Å². The van der Waals surface area contributed by atoms with Gasteiger partial charge in [-0.2, -0.15) is 0 Å². The summed E-state index contributed by atoms with van der Waals surface area (Å²) in [4.78, 5) is 0. The number of rotatable bonds is 4. The Hall–Kier alpha value is -0.470. The molecule has 1 aliphatic rings. The Bertz CT molecular complexity index is 353. The molecule has 0 aliphatic heterocycles. The minimum atomic E-state index is 0.537. The highest BCUT2D eigenvalue weighted by Crippen LogP contribution is 2.47. The molecule has 0 saturated heterocycles. The van der Waals surface area contributed by atoms with Crippen LogP contribution in [0, 0.1) is 5.41 Å². The number of hydrogen-bond acceptors (Lipinski definition) is 1. The van der Waals surface area contributed by atoms with E-state index in [1.807, 2.05) is 19.3 Å². The van der Waals surface area contributed by atoms with Gasteiger partial charge in [-0.1, -0.05) is 18.5 Å². The maximum atomic E-state index is 5.93. The van der Waals surface area contributed by atoms with Gasteiger partial charge in [0.2, 0.25) is 0 Å². The van der Waals surface area contributed by atoms with Crippen molar-refractivity contribution in [2.24, 2.45) is 12.5 Å². The largest absolute Gasteiger partial charge is 0.352 e. The Morgan fingerprint density at radius 2 is 2.27 bits per heavy atom. The predicted molar refractivity (Wildman–Crippen MR) is 64.1 cm³/mol. The summed E-state index contributed by atoms with van der Waals surface area (Å²) in [6.45, 7) is 5.53. The van der Waals surface area contributed by atoms with Crippen LogP contribution < -0.4 is 5.32 Å². The molecule has 1 saturated carbocycles. The topological polar surface area (TPSA) is 17.0 Å². The third kappa shape index (κ3) is 2.37. The highest BCUT2D eigenvalue weighted by atomic mass is 35.5. The van der Waals surface area contributed by atoms with Crippen LogP contribution in [0.1, 0.15) is 32.4 Å². The van der Waals surface area contributed by atoms with Gasteiger partial charge in [-0.25, -0.2) is 0 Å². The first-order chi connectivity index (χ1) is 7.01. The fourth-order valence-corrected chi connectivity index (χ4v) is 2.15. The highest BCUT2D eigenvalue weighted by Gasteiger charge is 2.42. The van der Waals surface area contributed by atoms with Gasteiger partial charge in [-0.3, -0.25) is 0 Å². The molecule has 1 heterocycles. The number of nitrogens with one attached hydrogen (secondary N) is 1. The molecule has 2 rings (SSSR count). The van der Waals surface area contributed by atoms with E-state index in [1.54, 1.807) is 0 Å². The monoisotopic (exact) mass is 226 g/mol. The van der Waals surface area contributed by atoms with E-state index >= 15 is 0 Å². The Labute approximate surface area is 96.6 Å². The summed E-state index contributed by atoms with van der Waals surface area (Å²) in [6.07, 6.45) is 4.66. The lowest BCUT2D eigenvalue weighted by Crippen LogP contribution is -2.33. The van der Waals surface area contributed by atoms with Crippen molar-refractivity contribution in [1.82, 2.24) is 9.88 Å². The molecular formula is C12H19ClN2. The standard InChI is InChI=1S/C12H19ClN2/c1-9(12(2)4-5-12)14-7-11-6-10(13)8-15(11)3/h6,8-9,14H,4-5,7H2,1-3H3. The van der Waals surface area contributed by atoms with Crippen LogP contribution >= 0.6 is 11.6 Å². The molecule has 0 bridgehead atoms. The summed E-state index contributed by atoms with van der Waals surface area (Å²) in [5, 5.41) is 4.40. The Kier molecular flexibility index (Phi) is 2.82. The van der Waals surface area contributed by atoms with Crippen molar-refractivity contribution in [2.45, 2.75) is 39.3 Å². The molecule has 84 valence electrons. The third-order valence-corrected chi connectivity index (χ3v) is 3.95. The van der Waals surface area contributed by atoms with Crippen molar-refractivity contribution in [3.8, 4) is 0 Å². The van der Waals surface area contributed by atoms with Crippen LogP contribution in [0.2, 0.25) is 5.02 Å². The molecule has 0 radical (unpaired) electrons. The van der Waals surface area contributed by atoms with E-state index in [0.717, 1.165) is 11.6 Å². The van der Waals surface area contributed by atoms with Gasteiger partial charge in [0.25, 0.3) is 0 Å². The summed E-state index contributed by atoms with van der Waals surface area (Å²) >= 11 is 5.93. The quantitative estimate of drug-likeness (QED) is 0.836.